The van der Waals surface area contributed by atoms with Gasteiger partial charge in [0.15, 0.2) is 11.3 Å². The molecule has 178 valence electrons. The number of nitrogens with zero attached hydrogens (tertiary/aromatic N) is 4. The molecule has 0 aliphatic carbocycles. The third-order valence-electron chi connectivity index (χ3n) is 6.09. The van der Waals surface area contributed by atoms with E-state index in [-0.39, 0.29) is 38.5 Å². The van der Waals surface area contributed by atoms with Gasteiger partial charge in [-0.2, -0.15) is 5.10 Å². The molecule has 0 saturated carbocycles. The smallest absolute Gasteiger partial charge is 0.270 e. The van der Waals surface area contributed by atoms with Gasteiger partial charge < -0.3 is 10.6 Å². The van der Waals surface area contributed by atoms with Crippen LogP contribution in [0.25, 0.3) is 5.65 Å². The number of anilines is 1. The third-order valence-corrected chi connectivity index (χ3v) is 7.19. The summed E-state index contributed by atoms with van der Waals surface area (Å²) in [5, 5.41) is 21.0. The molecule has 1 amide bonds. The number of primary amides is 1. The van der Waals surface area contributed by atoms with Crippen molar-refractivity contribution in [3.8, 4) is 0 Å². The molecule has 1 aromatic carbocycles. The van der Waals surface area contributed by atoms with Gasteiger partial charge in [-0.1, -0.05) is 25.6 Å². The van der Waals surface area contributed by atoms with Crippen molar-refractivity contribution in [2.75, 3.05) is 11.4 Å². The summed E-state index contributed by atoms with van der Waals surface area (Å²) in [5.74, 6) is -1.45. The minimum atomic E-state index is -0.841. The second kappa shape index (κ2) is 8.79. The van der Waals surface area contributed by atoms with Crippen LogP contribution >= 0.6 is 11.8 Å². The Labute approximate surface area is 199 Å². The minimum Gasteiger partial charge on any atom is -0.364 e. The van der Waals surface area contributed by atoms with E-state index in [0.717, 1.165) is 30.3 Å². The van der Waals surface area contributed by atoms with Crippen LogP contribution in [0.3, 0.4) is 0 Å². The number of fused-ring (bicyclic) bond motifs is 1. The lowest BCUT2D eigenvalue weighted by molar-refractivity contribution is 0.0995. The van der Waals surface area contributed by atoms with E-state index in [0.29, 0.717) is 18.8 Å². The van der Waals surface area contributed by atoms with Gasteiger partial charge in [0.2, 0.25) is 0 Å². The molecular formula is C23H25F2N7OS. The number of halogens is 2. The molecule has 11 heteroatoms. The highest BCUT2D eigenvalue weighted by atomic mass is 32.2. The number of hydrogen-bond donors (Lipinski definition) is 3. The fourth-order valence-electron chi connectivity index (χ4n) is 4.25. The fourth-order valence-corrected chi connectivity index (χ4v) is 5.00. The summed E-state index contributed by atoms with van der Waals surface area (Å²) < 4.78 is 30.1. The maximum atomic E-state index is 14.7. The molecule has 1 fully saturated rings. The summed E-state index contributed by atoms with van der Waals surface area (Å²) in [7, 11) is 0. The first-order valence-electron chi connectivity index (χ1n) is 10.8. The summed E-state index contributed by atoms with van der Waals surface area (Å²) in [6.07, 6.45) is 2.94. The summed E-state index contributed by atoms with van der Waals surface area (Å²) in [4.78, 5) is 18.7. The van der Waals surface area contributed by atoms with Gasteiger partial charge in [-0.15, -0.1) is 0 Å². The molecule has 1 aliphatic rings. The standard InChI is InChI=1S/C23H25F2N7OS/c1-12(2)20(27)34-21(28)17-18(19(26)33)30-32-10-7-16(29-22(17)32)31-9-4-8-23(31,3)14-11-13(24)5-6-15(14)25/h5-7,10-12,27-28H,4,8-9H2,1-3H3,(H2,26,33)/t23-/m1/s1. The van der Waals surface area contributed by atoms with Crippen molar-refractivity contribution in [1.29, 1.82) is 10.8 Å². The largest absolute Gasteiger partial charge is 0.364 e. The zero-order valence-corrected chi connectivity index (χ0v) is 19.8. The zero-order chi connectivity index (χ0) is 24.8. The number of hydrogen-bond acceptors (Lipinski definition) is 7. The number of aromatic nitrogens is 3. The van der Waals surface area contributed by atoms with E-state index in [1.807, 2.05) is 25.7 Å². The van der Waals surface area contributed by atoms with Gasteiger partial charge in [0.05, 0.1) is 16.1 Å². The van der Waals surface area contributed by atoms with Crippen molar-refractivity contribution >= 4 is 39.2 Å². The predicted molar refractivity (Wildman–Crippen MR) is 129 cm³/mol. The maximum absolute atomic E-state index is 14.7. The van der Waals surface area contributed by atoms with E-state index in [9.17, 15) is 13.6 Å². The van der Waals surface area contributed by atoms with Gasteiger partial charge in [0, 0.05) is 24.2 Å². The molecule has 1 aliphatic heterocycles. The van der Waals surface area contributed by atoms with Crippen molar-refractivity contribution in [3.05, 3.63) is 58.9 Å². The molecule has 3 aromatic rings. The van der Waals surface area contributed by atoms with Crippen molar-refractivity contribution < 1.29 is 13.6 Å². The quantitative estimate of drug-likeness (QED) is 0.367. The molecule has 1 saturated heterocycles. The summed E-state index contributed by atoms with van der Waals surface area (Å²) in [5.41, 5.74) is 5.19. The van der Waals surface area contributed by atoms with Gasteiger partial charge in [0.25, 0.3) is 5.91 Å². The molecule has 0 unspecified atom stereocenters. The Morgan fingerprint density at radius 2 is 2.00 bits per heavy atom. The average molecular weight is 486 g/mol. The second-order valence-corrected chi connectivity index (χ2v) is 9.80. The molecule has 34 heavy (non-hydrogen) atoms. The molecule has 0 bridgehead atoms. The summed E-state index contributed by atoms with van der Waals surface area (Å²) in [6.45, 7) is 6.08. The number of nitrogens with two attached hydrogens (primary N) is 1. The first-order chi connectivity index (χ1) is 16.0. The summed E-state index contributed by atoms with van der Waals surface area (Å²) >= 11 is 0.911. The van der Waals surface area contributed by atoms with Crippen LogP contribution in [-0.2, 0) is 5.54 Å². The van der Waals surface area contributed by atoms with Gasteiger partial charge in [0.1, 0.15) is 22.5 Å². The topological polar surface area (TPSA) is 124 Å². The highest BCUT2D eigenvalue weighted by molar-refractivity contribution is 8.26. The second-order valence-electron chi connectivity index (χ2n) is 8.75. The average Bonchev–Trinajstić information content (AvgIpc) is 3.36. The molecule has 3 heterocycles. The highest BCUT2D eigenvalue weighted by Crippen LogP contribution is 2.42. The lowest BCUT2D eigenvalue weighted by Gasteiger charge is -2.37. The molecule has 2 aromatic heterocycles. The molecule has 4 rings (SSSR count). The molecular weight excluding hydrogens is 460 g/mol. The van der Waals surface area contributed by atoms with Crippen LogP contribution < -0.4 is 10.6 Å². The number of thioether (sulfide) groups is 1. The van der Waals surface area contributed by atoms with Gasteiger partial charge in [-0.25, -0.2) is 18.3 Å². The number of carbonyl (C=O) groups excluding carboxylic acids is 1. The number of rotatable bonds is 5. The van der Waals surface area contributed by atoms with E-state index >= 15 is 0 Å². The Bertz CT molecular complexity index is 1320. The van der Waals surface area contributed by atoms with Crippen LogP contribution in [0.5, 0.6) is 0 Å². The van der Waals surface area contributed by atoms with Gasteiger partial charge in [-0.05, 0) is 44.0 Å². The van der Waals surface area contributed by atoms with Crippen LogP contribution in [0.4, 0.5) is 14.6 Å². The lowest BCUT2D eigenvalue weighted by Crippen LogP contribution is -2.40. The first kappa shape index (κ1) is 23.8. The van der Waals surface area contributed by atoms with Crippen molar-refractivity contribution in [2.45, 2.75) is 39.2 Å². The van der Waals surface area contributed by atoms with E-state index in [4.69, 9.17) is 16.6 Å². The van der Waals surface area contributed by atoms with Crippen LogP contribution in [0.2, 0.25) is 0 Å². The Balaban J connectivity index is 1.83. The third kappa shape index (κ3) is 4.04. The van der Waals surface area contributed by atoms with Crippen LogP contribution in [0, 0.1) is 28.4 Å². The molecule has 8 nitrogen and oxygen atoms in total. The lowest BCUT2D eigenvalue weighted by atomic mass is 9.88. The van der Waals surface area contributed by atoms with Crippen molar-refractivity contribution in [1.82, 2.24) is 14.6 Å². The Hall–Kier alpha value is -3.34. The highest BCUT2D eigenvalue weighted by Gasteiger charge is 2.41. The fraction of sp³-hybridized carbons (Fsp3) is 0.348. The van der Waals surface area contributed by atoms with Crippen molar-refractivity contribution in [3.63, 3.8) is 0 Å². The normalized spacial score (nSPS) is 18.1. The Morgan fingerprint density at radius 1 is 1.26 bits per heavy atom. The molecule has 4 N–H and O–H groups in total. The van der Waals surface area contributed by atoms with E-state index in [1.165, 1.54) is 10.6 Å². The number of nitrogens with one attached hydrogen (secondary N) is 2. The van der Waals surface area contributed by atoms with E-state index in [2.05, 4.69) is 10.1 Å². The molecule has 1 atom stereocenters. The van der Waals surface area contributed by atoms with E-state index in [1.54, 1.807) is 12.3 Å². The van der Waals surface area contributed by atoms with Crippen molar-refractivity contribution in [2.24, 2.45) is 11.7 Å². The zero-order valence-electron chi connectivity index (χ0n) is 19.0. The van der Waals surface area contributed by atoms with Crippen LogP contribution in [0.15, 0.2) is 30.5 Å². The summed E-state index contributed by atoms with van der Waals surface area (Å²) in [6, 6.07) is 5.11. The Kier molecular flexibility index (Phi) is 6.15. The van der Waals surface area contributed by atoms with Crippen LogP contribution in [0.1, 0.15) is 55.2 Å². The SMILES string of the molecule is CC(C)C(=N)SC(=N)c1c(C(N)=O)nn2ccc(N3CCC[C@]3(C)c3cc(F)ccc3F)nc12. The minimum absolute atomic E-state index is 0.0625. The maximum Gasteiger partial charge on any atom is 0.270 e. The monoisotopic (exact) mass is 485 g/mol. The number of carbonyl (C=O) groups is 1. The number of benzene rings is 1. The predicted octanol–water partition coefficient (Wildman–Crippen LogP) is 4.31. The van der Waals surface area contributed by atoms with Gasteiger partial charge in [-0.3, -0.25) is 15.6 Å². The van der Waals surface area contributed by atoms with E-state index < -0.39 is 23.1 Å². The Morgan fingerprint density at radius 3 is 2.68 bits per heavy atom. The van der Waals surface area contributed by atoms with Gasteiger partial charge >= 0.3 is 0 Å². The first-order valence-corrected chi connectivity index (χ1v) is 11.6. The number of amides is 1. The molecule has 0 spiro atoms. The van der Waals surface area contributed by atoms with Crippen LogP contribution in [-0.4, -0.2) is 37.1 Å². The molecule has 0 radical (unpaired) electrons.